The lowest BCUT2D eigenvalue weighted by atomic mass is 10.1. The highest BCUT2D eigenvalue weighted by molar-refractivity contribution is 9.10. The standard InChI is InChI=1S/C16H18BrFN2O/c1-20(11-12-2-4-13(17)5-3-12)9-8-16(21)15-7-6-14(18)10-19-15/h2-7,10,16,21H,8-9,11H2,1H3. The first-order valence-corrected chi connectivity index (χ1v) is 7.56. The van der Waals surface area contributed by atoms with Crippen LogP contribution in [0.3, 0.4) is 0 Å². The Hall–Kier alpha value is -1.30. The number of aromatic nitrogens is 1. The molecule has 2 rings (SSSR count). The van der Waals surface area contributed by atoms with E-state index in [1.165, 1.54) is 17.7 Å². The molecule has 0 aliphatic carbocycles. The van der Waals surface area contributed by atoms with Gasteiger partial charge in [-0.15, -0.1) is 0 Å². The van der Waals surface area contributed by atoms with E-state index in [-0.39, 0.29) is 0 Å². The highest BCUT2D eigenvalue weighted by atomic mass is 79.9. The number of aliphatic hydroxyl groups is 1. The van der Waals surface area contributed by atoms with Crippen molar-refractivity contribution >= 4 is 15.9 Å². The predicted octanol–water partition coefficient (Wildman–Crippen LogP) is 3.54. The van der Waals surface area contributed by atoms with Crippen molar-refractivity contribution in [3.8, 4) is 0 Å². The maximum Gasteiger partial charge on any atom is 0.141 e. The third-order valence-electron chi connectivity index (χ3n) is 3.24. The minimum Gasteiger partial charge on any atom is -0.387 e. The fraction of sp³-hybridized carbons (Fsp3) is 0.312. The molecule has 1 heterocycles. The maximum atomic E-state index is 12.8. The molecule has 1 atom stereocenters. The molecule has 1 N–H and O–H groups in total. The van der Waals surface area contributed by atoms with Gasteiger partial charge in [0.25, 0.3) is 0 Å². The van der Waals surface area contributed by atoms with Gasteiger partial charge in [0.15, 0.2) is 0 Å². The Morgan fingerprint density at radius 1 is 1.24 bits per heavy atom. The summed E-state index contributed by atoms with van der Waals surface area (Å²) >= 11 is 3.41. The van der Waals surface area contributed by atoms with Gasteiger partial charge in [-0.25, -0.2) is 4.39 Å². The zero-order valence-corrected chi connectivity index (χ0v) is 13.4. The fourth-order valence-corrected chi connectivity index (χ4v) is 2.32. The van der Waals surface area contributed by atoms with Crippen LogP contribution in [0.5, 0.6) is 0 Å². The van der Waals surface area contributed by atoms with Crippen molar-refractivity contribution in [2.45, 2.75) is 19.1 Å². The Morgan fingerprint density at radius 3 is 2.57 bits per heavy atom. The van der Waals surface area contributed by atoms with E-state index >= 15 is 0 Å². The smallest absolute Gasteiger partial charge is 0.141 e. The third kappa shape index (κ3) is 5.19. The van der Waals surface area contributed by atoms with Gasteiger partial charge in [0.1, 0.15) is 5.82 Å². The number of rotatable bonds is 6. The third-order valence-corrected chi connectivity index (χ3v) is 3.77. The van der Waals surface area contributed by atoms with E-state index in [1.807, 2.05) is 19.2 Å². The second-order valence-electron chi connectivity index (χ2n) is 5.07. The second kappa shape index (κ2) is 7.64. The molecule has 0 bridgehead atoms. The monoisotopic (exact) mass is 352 g/mol. The zero-order valence-electron chi connectivity index (χ0n) is 11.8. The van der Waals surface area contributed by atoms with Gasteiger partial charge in [-0.1, -0.05) is 28.1 Å². The normalized spacial score (nSPS) is 12.6. The van der Waals surface area contributed by atoms with Gasteiger partial charge in [-0.05, 0) is 43.3 Å². The molecular formula is C16H18BrFN2O. The average Bonchev–Trinajstić information content (AvgIpc) is 2.48. The number of aliphatic hydroxyl groups excluding tert-OH is 1. The zero-order chi connectivity index (χ0) is 15.2. The average molecular weight is 353 g/mol. The highest BCUT2D eigenvalue weighted by Crippen LogP contribution is 2.16. The fourth-order valence-electron chi connectivity index (χ4n) is 2.06. The van der Waals surface area contributed by atoms with Crippen LogP contribution in [0.25, 0.3) is 0 Å². The maximum absolute atomic E-state index is 12.8. The molecule has 3 nitrogen and oxygen atoms in total. The number of nitrogens with zero attached hydrogens (tertiary/aromatic N) is 2. The summed E-state index contributed by atoms with van der Waals surface area (Å²) in [5.74, 6) is -0.390. The Kier molecular flexibility index (Phi) is 5.85. The van der Waals surface area contributed by atoms with Gasteiger partial charge < -0.3 is 10.0 Å². The molecule has 0 saturated carbocycles. The summed E-state index contributed by atoms with van der Waals surface area (Å²) in [6.07, 6.45) is 1.02. The van der Waals surface area contributed by atoms with Gasteiger partial charge in [-0.2, -0.15) is 0 Å². The van der Waals surface area contributed by atoms with Gasteiger partial charge in [-0.3, -0.25) is 4.98 Å². The molecule has 0 aliphatic rings. The lowest BCUT2D eigenvalue weighted by Gasteiger charge is -2.18. The summed E-state index contributed by atoms with van der Waals surface area (Å²) in [7, 11) is 2.01. The van der Waals surface area contributed by atoms with Crippen molar-refractivity contribution < 1.29 is 9.50 Å². The molecule has 0 aliphatic heterocycles. The quantitative estimate of drug-likeness (QED) is 0.863. The summed E-state index contributed by atoms with van der Waals surface area (Å²) in [4.78, 5) is 6.04. The summed E-state index contributed by atoms with van der Waals surface area (Å²) < 4.78 is 13.8. The molecule has 2 aromatic rings. The summed E-state index contributed by atoms with van der Waals surface area (Å²) in [6, 6.07) is 11.0. The Bertz CT molecular complexity index is 559. The molecule has 1 aromatic carbocycles. The number of hydrogen-bond donors (Lipinski definition) is 1. The van der Waals surface area contributed by atoms with E-state index in [4.69, 9.17) is 0 Å². The first-order chi connectivity index (χ1) is 10.0. The van der Waals surface area contributed by atoms with E-state index in [0.29, 0.717) is 12.1 Å². The van der Waals surface area contributed by atoms with Crippen molar-refractivity contribution in [2.24, 2.45) is 0 Å². The number of pyridine rings is 1. The molecule has 0 spiro atoms. The van der Waals surface area contributed by atoms with Crippen LogP contribution in [-0.2, 0) is 6.54 Å². The first kappa shape index (κ1) is 16.1. The van der Waals surface area contributed by atoms with Crippen LogP contribution in [0.15, 0.2) is 47.1 Å². The van der Waals surface area contributed by atoms with E-state index in [1.54, 1.807) is 0 Å². The SMILES string of the molecule is CN(CCC(O)c1ccc(F)cn1)Cc1ccc(Br)cc1. The molecule has 21 heavy (non-hydrogen) atoms. The van der Waals surface area contributed by atoms with E-state index in [0.717, 1.165) is 23.8 Å². The lowest BCUT2D eigenvalue weighted by molar-refractivity contribution is 0.143. The minimum atomic E-state index is -0.669. The predicted molar refractivity (Wildman–Crippen MR) is 84.2 cm³/mol. The summed E-state index contributed by atoms with van der Waals surface area (Å²) in [5.41, 5.74) is 1.73. The van der Waals surface area contributed by atoms with Crippen molar-refractivity contribution in [1.29, 1.82) is 0 Å². The Balaban J connectivity index is 1.81. The van der Waals surface area contributed by atoms with Gasteiger partial charge >= 0.3 is 0 Å². The Morgan fingerprint density at radius 2 is 1.95 bits per heavy atom. The number of benzene rings is 1. The number of hydrogen-bond acceptors (Lipinski definition) is 3. The van der Waals surface area contributed by atoms with Gasteiger partial charge in [0.2, 0.25) is 0 Å². The molecule has 0 saturated heterocycles. The molecule has 0 fully saturated rings. The van der Waals surface area contributed by atoms with Crippen LogP contribution in [0, 0.1) is 5.82 Å². The lowest BCUT2D eigenvalue weighted by Crippen LogP contribution is -2.21. The molecular weight excluding hydrogens is 335 g/mol. The van der Waals surface area contributed by atoms with E-state index < -0.39 is 11.9 Å². The van der Waals surface area contributed by atoms with Crippen molar-refractivity contribution in [1.82, 2.24) is 9.88 Å². The van der Waals surface area contributed by atoms with Crippen LogP contribution in [0.2, 0.25) is 0 Å². The molecule has 0 radical (unpaired) electrons. The van der Waals surface area contributed by atoms with Gasteiger partial charge in [0.05, 0.1) is 18.0 Å². The van der Waals surface area contributed by atoms with Crippen LogP contribution in [0.1, 0.15) is 23.8 Å². The second-order valence-corrected chi connectivity index (χ2v) is 5.99. The van der Waals surface area contributed by atoms with Crippen molar-refractivity contribution in [3.63, 3.8) is 0 Å². The van der Waals surface area contributed by atoms with Crippen LogP contribution in [0.4, 0.5) is 4.39 Å². The van der Waals surface area contributed by atoms with Crippen LogP contribution >= 0.6 is 15.9 Å². The van der Waals surface area contributed by atoms with Crippen molar-refractivity contribution in [2.75, 3.05) is 13.6 Å². The van der Waals surface area contributed by atoms with E-state index in [2.05, 4.69) is 37.9 Å². The number of halogens is 2. The molecule has 1 unspecified atom stereocenters. The van der Waals surface area contributed by atoms with E-state index in [9.17, 15) is 9.50 Å². The molecule has 5 heteroatoms. The highest BCUT2D eigenvalue weighted by Gasteiger charge is 2.10. The topological polar surface area (TPSA) is 36.4 Å². The molecule has 112 valence electrons. The Labute approximate surface area is 132 Å². The largest absolute Gasteiger partial charge is 0.387 e. The van der Waals surface area contributed by atoms with Crippen LogP contribution < -0.4 is 0 Å². The molecule has 0 amide bonds. The van der Waals surface area contributed by atoms with Crippen LogP contribution in [-0.4, -0.2) is 28.6 Å². The first-order valence-electron chi connectivity index (χ1n) is 6.77. The van der Waals surface area contributed by atoms with Gasteiger partial charge in [0, 0.05) is 17.6 Å². The van der Waals surface area contributed by atoms with Crippen molar-refractivity contribution in [3.05, 3.63) is 64.1 Å². The summed E-state index contributed by atoms with van der Waals surface area (Å²) in [5, 5.41) is 10.0. The minimum absolute atomic E-state index is 0.390. The molecule has 1 aromatic heterocycles. The summed E-state index contributed by atoms with van der Waals surface area (Å²) in [6.45, 7) is 1.55.